The third-order valence-corrected chi connectivity index (χ3v) is 9.36. The number of carbonyl (C=O) groups excluding carboxylic acids is 1. The number of aromatic nitrogens is 5. The monoisotopic (exact) mass is 636 g/mol. The van der Waals surface area contributed by atoms with Gasteiger partial charge >= 0.3 is 0 Å². The number of halogens is 1. The van der Waals surface area contributed by atoms with Crippen molar-refractivity contribution in [2.75, 3.05) is 19.7 Å². The number of tetrazole rings is 1. The van der Waals surface area contributed by atoms with Crippen LogP contribution in [0.5, 0.6) is 0 Å². The molecule has 9 nitrogen and oxygen atoms in total. The van der Waals surface area contributed by atoms with Crippen molar-refractivity contribution >= 4 is 17.5 Å². The van der Waals surface area contributed by atoms with Gasteiger partial charge in [0, 0.05) is 53.7 Å². The van der Waals surface area contributed by atoms with Crippen molar-refractivity contribution in [3.8, 4) is 16.8 Å². The van der Waals surface area contributed by atoms with E-state index in [1.807, 2.05) is 29.3 Å². The van der Waals surface area contributed by atoms with Gasteiger partial charge in [0.15, 0.2) is 5.21 Å². The first-order chi connectivity index (χ1) is 22.1. The standard InChI is InChI=1S/C36H35ClN6O2.H2O/c37-30-12-14-34(43-24-39-40-41-43)32(22-30)29-11-13-33(38-23-29)31(20-25-6-2-1-3-7-25)28-9-4-8-27(21-28)26-15-17-42(18-16-26)36(44)35-10-5-19-45-35;/h1-4,6-9,11-14,21-24,26,31,35H,5,10,15-20H2;1H2/t31-,35?;/m0./s1. The molecule has 46 heavy (non-hydrogen) atoms. The lowest BCUT2D eigenvalue weighted by Gasteiger charge is -2.33. The van der Waals surface area contributed by atoms with E-state index in [9.17, 15) is 4.79 Å². The van der Waals surface area contributed by atoms with Crippen LogP contribution in [0.15, 0.2) is 97.5 Å². The highest BCUT2D eigenvalue weighted by Gasteiger charge is 2.31. The Kier molecular flexibility index (Phi) is 9.82. The second-order valence-electron chi connectivity index (χ2n) is 11.9. The lowest BCUT2D eigenvalue weighted by molar-refractivity contribution is -0.659. The molecule has 0 radical (unpaired) electrons. The fourth-order valence-electron chi connectivity index (χ4n) is 6.70. The third kappa shape index (κ3) is 6.87. The van der Waals surface area contributed by atoms with Crippen molar-refractivity contribution in [1.82, 2.24) is 25.4 Å². The SMILES string of the molecule is O=C(C1CCCO1)N1CCC(c2cccc([C@H](Cc3ccccc3)c3ccc(-c4cc(Cl)ccc4-[n+]4cnn[nH]4)cn3)c2)CC1.[OH-]. The quantitative estimate of drug-likeness (QED) is 0.213. The second kappa shape index (κ2) is 14.3. The van der Waals surface area contributed by atoms with Crippen LogP contribution in [0.3, 0.4) is 0 Å². The summed E-state index contributed by atoms with van der Waals surface area (Å²) in [6, 6.07) is 29.6. The summed E-state index contributed by atoms with van der Waals surface area (Å²) in [6.45, 7) is 2.26. The largest absolute Gasteiger partial charge is 0.870 e. The Morgan fingerprint density at radius 1 is 1.00 bits per heavy atom. The maximum Gasteiger partial charge on any atom is 0.293 e. The van der Waals surface area contributed by atoms with Crippen molar-refractivity contribution < 1.29 is 19.7 Å². The summed E-state index contributed by atoms with van der Waals surface area (Å²) in [4.78, 5) is 20.0. The van der Waals surface area contributed by atoms with Gasteiger partial charge in [-0.3, -0.25) is 9.78 Å². The van der Waals surface area contributed by atoms with E-state index in [4.69, 9.17) is 21.3 Å². The topological polar surface area (TPSA) is 118 Å². The smallest absolute Gasteiger partial charge is 0.293 e. The van der Waals surface area contributed by atoms with Crippen molar-refractivity contribution in [3.63, 3.8) is 0 Å². The predicted octanol–water partition coefficient (Wildman–Crippen LogP) is 5.88. The minimum absolute atomic E-state index is 0. The van der Waals surface area contributed by atoms with Gasteiger partial charge in [0.1, 0.15) is 16.9 Å². The van der Waals surface area contributed by atoms with Crippen molar-refractivity contribution in [2.45, 2.75) is 50.0 Å². The van der Waals surface area contributed by atoms with Crippen LogP contribution in [0.1, 0.15) is 59.9 Å². The molecule has 2 saturated heterocycles. The summed E-state index contributed by atoms with van der Waals surface area (Å²) in [5, 5.41) is 11.3. The number of ether oxygens (including phenoxy) is 1. The summed E-state index contributed by atoms with van der Waals surface area (Å²) in [5.41, 5.74) is 7.63. The fraction of sp³-hybridized carbons (Fsp3) is 0.306. The highest BCUT2D eigenvalue weighted by Crippen LogP contribution is 2.35. The van der Waals surface area contributed by atoms with E-state index in [0.29, 0.717) is 17.5 Å². The molecule has 4 heterocycles. The summed E-state index contributed by atoms with van der Waals surface area (Å²) < 4.78 is 7.42. The summed E-state index contributed by atoms with van der Waals surface area (Å²) in [7, 11) is 0. The molecule has 2 aliphatic heterocycles. The number of nitrogens with one attached hydrogen (secondary N) is 1. The molecule has 1 amide bonds. The zero-order valence-electron chi connectivity index (χ0n) is 25.5. The zero-order valence-corrected chi connectivity index (χ0v) is 26.3. The van der Waals surface area contributed by atoms with Gasteiger partial charge in [-0.15, -0.1) is 4.68 Å². The number of aromatic amines is 1. The Hall–Kier alpha value is -4.44. The first kappa shape index (κ1) is 31.5. The number of hydrogen-bond acceptors (Lipinski definition) is 6. The Balaban J connectivity index is 0.00000372. The maximum atomic E-state index is 12.9. The van der Waals surface area contributed by atoms with Gasteiger partial charge in [0.05, 0.1) is 0 Å². The van der Waals surface area contributed by atoms with Crippen LogP contribution in [0.4, 0.5) is 0 Å². The van der Waals surface area contributed by atoms with Crippen LogP contribution < -0.4 is 4.68 Å². The highest BCUT2D eigenvalue weighted by molar-refractivity contribution is 6.31. The summed E-state index contributed by atoms with van der Waals surface area (Å²) in [5.74, 6) is 0.663. The Labute approximate surface area is 273 Å². The number of carbonyl (C=O) groups is 1. The van der Waals surface area contributed by atoms with Crippen LogP contribution in [0, 0.1) is 0 Å². The van der Waals surface area contributed by atoms with Crippen LogP contribution >= 0.6 is 11.6 Å². The molecule has 2 atom stereocenters. The lowest BCUT2D eigenvalue weighted by Crippen LogP contribution is -2.43. The number of benzene rings is 3. The van der Waals surface area contributed by atoms with Crippen LogP contribution in [-0.2, 0) is 16.0 Å². The minimum Gasteiger partial charge on any atom is -0.870 e. The molecule has 0 saturated carbocycles. The molecule has 1 unspecified atom stereocenters. The molecule has 0 bridgehead atoms. The predicted molar refractivity (Wildman–Crippen MR) is 174 cm³/mol. The van der Waals surface area contributed by atoms with E-state index in [1.165, 1.54) is 16.7 Å². The van der Waals surface area contributed by atoms with Gasteiger partial charge < -0.3 is 15.1 Å². The first-order valence-corrected chi connectivity index (χ1v) is 16.1. The van der Waals surface area contributed by atoms with Gasteiger partial charge in [0.25, 0.3) is 12.2 Å². The third-order valence-electron chi connectivity index (χ3n) is 9.13. The number of piperidine rings is 1. The molecule has 2 N–H and O–H groups in total. The van der Waals surface area contributed by atoms with E-state index in [1.54, 1.807) is 11.0 Å². The molecule has 0 aliphatic carbocycles. The average molecular weight is 637 g/mol. The number of H-pyrrole nitrogens is 1. The summed E-state index contributed by atoms with van der Waals surface area (Å²) in [6.07, 6.45) is 7.90. The highest BCUT2D eigenvalue weighted by atomic mass is 35.5. The number of pyridine rings is 1. The lowest BCUT2D eigenvalue weighted by atomic mass is 9.84. The van der Waals surface area contributed by atoms with Crippen molar-refractivity contribution in [2.24, 2.45) is 0 Å². The van der Waals surface area contributed by atoms with E-state index < -0.39 is 0 Å². The molecule has 5 aromatic rings. The zero-order chi connectivity index (χ0) is 30.6. The molecule has 2 aliphatic rings. The number of likely N-dealkylation sites (tertiary alicyclic amines) is 1. The average Bonchev–Trinajstić information content (AvgIpc) is 3.84. The number of nitrogens with zero attached hydrogens (tertiary/aromatic N) is 5. The van der Waals surface area contributed by atoms with Gasteiger partial charge in [-0.05, 0) is 79.0 Å². The molecule has 3 aromatic carbocycles. The molecule has 2 aromatic heterocycles. The summed E-state index contributed by atoms with van der Waals surface area (Å²) >= 11 is 6.42. The fourth-order valence-corrected chi connectivity index (χ4v) is 6.87. The normalized spacial score (nSPS) is 17.4. The maximum absolute atomic E-state index is 12.9. The van der Waals surface area contributed by atoms with Gasteiger partial charge in [-0.1, -0.05) is 77.5 Å². The van der Waals surface area contributed by atoms with Crippen LogP contribution in [0.25, 0.3) is 16.8 Å². The van der Waals surface area contributed by atoms with E-state index in [2.05, 4.69) is 82.3 Å². The first-order valence-electron chi connectivity index (χ1n) is 15.7. The number of amides is 1. The van der Waals surface area contributed by atoms with E-state index >= 15 is 0 Å². The minimum atomic E-state index is -0.241. The Morgan fingerprint density at radius 2 is 1.85 bits per heavy atom. The van der Waals surface area contributed by atoms with E-state index in [-0.39, 0.29) is 23.4 Å². The molecule has 7 rings (SSSR count). The molecular weight excluding hydrogens is 600 g/mol. The van der Waals surface area contributed by atoms with Gasteiger partial charge in [-0.2, -0.15) is 0 Å². The molecular formula is C36H37ClN6O3. The van der Waals surface area contributed by atoms with Gasteiger partial charge in [0.2, 0.25) is 0 Å². The molecule has 0 spiro atoms. The molecule has 2 fully saturated rings. The Bertz CT molecular complexity index is 1740. The van der Waals surface area contributed by atoms with Gasteiger partial charge in [-0.25, -0.2) is 0 Å². The van der Waals surface area contributed by atoms with Crippen molar-refractivity contribution in [1.29, 1.82) is 0 Å². The Morgan fingerprint density at radius 3 is 2.57 bits per heavy atom. The number of rotatable bonds is 8. The van der Waals surface area contributed by atoms with Crippen LogP contribution in [-0.4, -0.2) is 62.6 Å². The van der Waals surface area contributed by atoms with Crippen LogP contribution in [0.2, 0.25) is 5.02 Å². The molecule has 236 valence electrons. The second-order valence-corrected chi connectivity index (χ2v) is 12.4. The number of hydrogen-bond donors (Lipinski definition) is 1. The molecule has 10 heteroatoms. The van der Waals surface area contributed by atoms with Crippen molar-refractivity contribution in [3.05, 3.63) is 125 Å². The van der Waals surface area contributed by atoms with E-state index in [0.717, 1.165) is 67.7 Å².